The number of hydrogen-bond donors (Lipinski definition) is 2. The third-order valence-electron chi connectivity index (χ3n) is 4.40. The van der Waals surface area contributed by atoms with E-state index in [9.17, 15) is 5.11 Å². The Morgan fingerprint density at radius 2 is 1.95 bits per heavy atom. The van der Waals surface area contributed by atoms with Gasteiger partial charge in [-0.2, -0.15) is 0 Å². The molecule has 0 bridgehead atoms. The topological polar surface area (TPSA) is 32.3 Å². The van der Waals surface area contributed by atoms with E-state index in [1.54, 1.807) is 0 Å². The average Bonchev–Trinajstić information content (AvgIpc) is 2.51. The van der Waals surface area contributed by atoms with Crippen LogP contribution in [-0.4, -0.2) is 23.3 Å². The lowest BCUT2D eigenvalue weighted by molar-refractivity contribution is 0.0353. The summed E-state index contributed by atoms with van der Waals surface area (Å²) in [7, 11) is 0. The molecule has 0 aromatic carbocycles. The van der Waals surface area contributed by atoms with Crippen LogP contribution < -0.4 is 5.32 Å². The van der Waals surface area contributed by atoms with E-state index in [1.165, 1.54) is 44.9 Å². The van der Waals surface area contributed by atoms with Crippen molar-refractivity contribution in [3.63, 3.8) is 0 Å². The molecule has 2 nitrogen and oxygen atoms in total. The molecule has 0 spiro atoms. The van der Waals surface area contributed by atoms with Gasteiger partial charge < -0.3 is 10.4 Å². The Morgan fingerprint density at radius 1 is 1.21 bits per heavy atom. The zero-order valence-corrected chi connectivity index (χ0v) is 13.5. The van der Waals surface area contributed by atoms with Crippen LogP contribution >= 0.6 is 0 Å². The van der Waals surface area contributed by atoms with Crippen molar-refractivity contribution in [3.05, 3.63) is 0 Å². The van der Waals surface area contributed by atoms with Crippen LogP contribution in [0.3, 0.4) is 0 Å². The predicted octanol–water partition coefficient (Wildman–Crippen LogP) is 4.12. The van der Waals surface area contributed by atoms with Crippen molar-refractivity contribution >= 4 is 0 Å². The minimum atomic E-state index is -0.552. The highest BCUT2D eigenvalue weighted by molar-refractivity contribution is 4.81. The van der Waals surface area contributed by atoms with Gasteiger partial charge in [-0.15, -0.1) is 0 Å². The molecule has 0 aromatic rings. The summed E-state index contributed by atoms with van der Waals surface area (Å²) in [5.41, 5.74) is -0.552. The first-order chi connectivity index (χ1) is 8.93. The lowest BCUT2D eigenvalue weighted by atomic mass is 9.93. The van der Waals surface area contributed by atoms with Crippen LogP contribution in [0.5, 0.6) is 0 Å². The maximum atomic E-state index is 10.4. The van der Waals surface area contributed by atoms with Crippen LogP contribution in [0.4, 0.5) is 0 Å². The highest BCUT2D eigenvalue weighted by Crippen LogP contribution is 2.27. The van der Waals surface area contributed by atoms with Crippen molar-refractivity contribution in [2.24, 2.45) is 11.8 Å². The number of aliphatic hydroxyl groups is 1. The first kappa shape index (κ1) is 17.0. The zero-order chi connectivity index (χ0) is 14.3. The second kappa shape index (κ2) is 8.26. The molecular formula is C17H35NO. The molecular weight excluding hydrogens is 234 g/mol. The van der Waals surface area contributed by atoms with Crippen molar-refractivity contribution < 1.29 is 5.11 Å². The van der Waals surface area contributed by atoms with Gasteiger partial charge in [0.2, 0.25) is 0 Å². The maximum absolute atomic E-state index is 10.4. The number of hydrogen-bond acceptors (Lipinski definition) is 2. The predicted molar refractivity (Wildman–Crippen MR) is 83.4 cm³/mol. The van der Waals surface area contributed by atoms with E-state index >= 15 is 0 Å². The summed E-state index contributed by atoms with van der Waals surface area (Å²) in [6.45, 7) is 9.36. The van der Waals surface area contributed by atoms with Gasteiger partial charge in [0.05, 0.1) is 5.60 Å². The van der Waals surface area contributed by atoms with Gasteiger partial charge in [0.25, 0.3) is 0 Å². The summed E-state index contributed by atoms with van der Waals surface area (Å²) in [6.07, 6.45) is 10.3. The number of rotatable bonds is 7. The van der Waals surface area contributed by atoms with Gasteiger partial charge in [-0.1, -0.05) is 46.5 Å². The number of nitrogens with one attached hydrogen (secondary N) is 1. The van der Waals surface area contributed by atoms with Gasteiger partial charge >= 0.3 is 0 Å². The molecule has 0 aromatic heterocycles. The molecule has 1 fully saturated rings. The molecule has 1 saturated carbocycles. The molecule has 1 rings (SSSR count). The molecule has 114 valence electrons. The molecule has 2 N–H and O–H groups in total. The van der Waals surface area contributed by atoms with Crippen molar-refractivity contribution in [2.75, 3.05) is 6.54 Å². The maximum Gasteiger partial charge on any atom is 0.0746 e. The Bertz CT molecular complexity index is 237. The Balaban J connectivity index is 2.29. The Morgan fingerprint density at radius 3 is 2.58 bits per heavy atom. The molecule has 0 radical (unpaired) electrons. The second-order valence-corrected chi connectivity index (χ2v) is 7.34. The van der Waals surface area contributed by atoms with Crippen LogP contribution in [0.15, 0.2) is 0 Å². The summed E-state index contributed by atoms with van der Waals surface area (Å²) in [5.74, 6) is 1.51. The Hall–Kier alpha value is -0.0800. The molecule has 19 heavy (non-hydrogen) atoms. The average molecular weight is 269 g/mol. The molecule has 0 heterocycles. The highest BCUT2D eigenvalue weighted by Gasteiger charge is 2.24. The van der Waals surface area contributed by atoms with E-state index in [0.717, 1.165) is 18.9 Å². The van der Waals surface area contributed by atoms with Crippen LogP contribution in [0.25, 0.3) is 0 Å². The normalized spacial score (nSPS) is 28.1. The summed E-state index contributed by atoms with van der Waals surface area (Å²) in [4.78, 5) is 0. The quantitative estimate of drug-likeness (QED) is 0.681. The molecule has 1 aliphatic rings. The third kappa shape index (κ3) is 7.31. The summed E-state index contributed by atoms with van der Waals surface area (Å²) in [6, 6.07) is 0.625. The zero-order valence-electron chi connectivity index (χ0n) is 13.5. The largest absolute Gasteiger partial charge is 0.389 e. The summed E-state index contributed by atoms with van der Waals surface area (Å²) in [5, 5.41) is 14.0. The van der Waals surface area contributed by atoms with E-state index in [0.29, 0.717) is 12.0 Å². The van der Waals surface area contributed by atoms with E-state index in [4.69, 9.17) is 0 Å². The Kier molecular flexibility index (Phi) is 7.38. The fourth-order valence-corrected chi connectivity index (χ4v) is 3.60. The van der Waals surface area contributed by atoms with Crippen molar-refractivity contribution in [2.45, 2.75) is 90.7 Å². The molecule has 0 aliphatic heterocycles. The first-order valence-electron chi connectivity index (χ1n) is 8.38. The molecule has 0 saturated heterocycles. The Labute approximate surface area is 120 Å². The van der Waals surface area contributed by atoms with Gasteiger partial charge in [-0.3, -0.25) is 0 Å². The van der Waals surface area contributed by atoms with Crippen LogP contribution in [-0.2, 0) is 0 Å². The van der Waals surface area contributed by atoms with Crippen LogP contribution in [0, 0.1) is 11.8 Å². The lowest BCUT2D eigenvalue weighted by Crippen LogP contribution is -2.43. The van der Waals surface area contributed by atoms with Gasteiger partial charge in [0.1, 0.15) is 0 Å². The lowest BCUT2D eigenvalue weighted by Gasteiger charge is -2.28. The molecule has 3 unspecified atom stereocenters. The van der Waals surface area contributed by atoms with Gasteiger partial charge in [-0.25, -0.2) is 0 Å². The standard InChI is InChI=1S/C17H35NO/c1-5-7-15-8-6-9-16(11-10-15)18-13-17(4,19)12-14(2)3/h14-16,18-19H,5-13H2,1-4H3. The van der Waals surface area contributed by atoms with Crippen LogP contribution in [0.1, 0.15) is 79.1 Å². The fraction of sp³-hybridized carbons (Fsp3) is 1.00. The highest BCUT2D eigenvalue weighted by atomic mass is 16.3. The molecule has 1 aliphatic carbocycles. The van der Waals surface area contributed by atoms with E-state index in [2.05, 4.69) is 26.1 Å². The molecule has 0 amide bonds. The fourth-order valence-electron chi connectivity index (χ4n) is 3.60. The van der Waals surface area contributed by atoms with Crippen LogP contribution in [0.2, 0.25) is 0 Å². The van der Waals surface area contributed by atoms with E-state index in [1.807, 2.05) is 6.92 Å². The smallest absolute Gasteiger partial charge is 0.0746 e. The van der Waals surface area contributed by atoms with Gasteiger partial charge in [0, 0.05) is 12.6 Å². The van der Waals surface area contributed by atoms with Crippen molar-refractivity contribution in [3.8, 4) is 0 Å². The minimum Gasteiger partial charge on any atom is -0.389 e. The second-order valence-electron chi connectivity index (χ2n) is 7.34. The van der Waals surface area contributed by atoms with E-state index in [-0.39, 0.29) is 0 Å². The third-order valence-corrected chi connectivity index (χ3v) is 4.40. The van der Waals surface area contributed by atoms with Gasteiger partial charge in [0.15, 0.2) is 0 Å². The van der Waals surface area contributed by atoms with Crippen molar-refractivity contribution in [1.82, 2.24) is 5.32 Å². The first-order valence-corrected chi connectivity index (χ1v) is 8.38. The SMILES string of the molecule is CCCC1CCCC(NCC(C)(O)CC(C)C)CC1. The molecule has 3 atom stereocenters. The van der Waals surface area contributed by atoms with Crippen molar-refractivity contribution in [1.29, 1.82) is 0 Å². The summed E-state index contributed by atoms with van der Waals surface area (Å²) >= 11 is 0. The molecule has 2 heteroatoms. The van der Waals surface area contributed by atoms with E-state index < -0.39 is 5.60 Å². The monoisotopic (exact) mass is 269 g/mol. The minimum absolute atomic E-state index is 0.552. The summed E-state index contributed by atoms with van der Waals surface area (Å²) < 4.78 is 0. The van der Waals surface area contributed by atoms with Gasteiger partial charge in [-0.05, 0) is 44.4 Å².